The average Bonchev–Trinajstić information content (AvgIpc) is 2.38. The third-order valence-electron chi connectivity index (χ3n) is 2.37. The van der Waals surface area contributed by atoms with Gasteiger partial charge in [0, 0.05) is 12.7 Å². The van der Waals surface area contributed by atoms with E-state index in [1.54, 1.807) is 24.3 Å². The predicted octanol–water partition coefficient (Wildman–Crippen LogP) is 2.80. The van der Waals surface area contributed by atoms with Gasteiger partial charge >= 0.3 is 0 Å². The van der Waals surface area contributed by atoms with E-state index in [1.807, 2.05) is 0 Å². The Kier molecular flexibility index (Phi) is 3.89. The van der Waals surface area contributed by atoms with Crippen molar-refractivity contribution < 1.29 is 9.18 Å². The molecule has 0 spiro atoms. The van der Waals surface area contributed by atoms with Crippen molar-refractivity contribution >= 4 is 17.5 Å². The lowest BCUT2D eigenvalue weighted by molar-refractivity contribution is 0.0950. The Morgan fingerprint density at radius 1 is 1.28 bits per heavy atom. The fourth-order valence-corrected chi connectivity index (χ4v) is 1.64. The highest BCUT2D eigenvalue weighted by Gasteiger charge is 2.09. The lowest BCUT2D eigenvalue weighted by Crippen LogP contribution is -2.23. The molecule has 0 unspecified atom stereocenters. The van der Waals surface area contributed by atoms with Crippen LogP contribution in [0.1, 0.15) is 15.9 Å². The van der Waals surface area contributed by atoms with Gasteiger partial charge in [0.25, 0.3) is 5.91 Å². The molecule has 0 aliphatic rings. The molecule has 2 aromatic rings. The van der Waals surface area contributed by atoms with E-state index in [-0.39, 0.29) is 16.9 Å². The van der Waals surface area contributed by atoms with Crippen molar-refractivity contribution in [3.8, 4) is 0 Å². The number of carbonyl (C=O) groups excluding carboxylic acids is 1. The van der Waals surface area contributed by atoms with Crippen molar-refractivity contribution in [3.63, 3.8) is 0 Å². The fraction of sp³-hybridized carbons (Fsp3) is 0.0769. The molecule has 1 amide bonds. The summed E-state index contributed by atoms with van der Waals surface area (Å²) in [7, 11) is 0. The summed E-state index contributed by atoms with van der Waals surface area (Å²) in [6, 6.07) is 9.14. The first-order valence-electron chi connectivity index (χ1n) is 5.30. The predicted molar refractivity (Wildman–Crippen MR) is 66.8 cm³/mol. The van der Waals surface area contributed by atoms with Gasteiger partial charge in [0.05, 0.1) is 5.56 Å². The Balaban J connectivity index is 2.01. The van der Waals surface area contributed by atoms with Crippen LogP contribution in [0.15, 0.2) is 42.6 Å². The van der Waals surface area contributed by atoms with Crippen molar-refractivity contribution in [1.82, 2.24) is 10.3 Å². The molecule has 0 aliphatic carbocycles. The summed E-state index contributed by atoms with van der Waals surface area (Å²) in [5.74, 6) is -0.613. The molecule has 0 radical (unpaired) electrons. The summed E-state index contributed by atoms with van der Waals surface area (Å²) in [4.78, 5) is 15.6. The number of rotatable bonds is 3. The van der Waals surface area contributed by atoms with Gasteiger partial charge in [-0.05, 0) is 29.8 Å². The molecule has 0 atom stereocenters. The largest absolute Gasteiger partial charge is 0.348 e. The van der Waals surface area contributed by atoms with E-state index < -0.39 is 0 Å². The molecular weight excluding hydrogens is 255 g/mol. The van der Waals surface area contributed by atoms with Gasteiger partial charge in [-0.25, -0.2) is 9.37 Å². The zero-order chi connectivity index (χ0) is 13.0. The summed E-state index contributed by atoms with van der Waals surface area (Å²) >= 11 is 5.80. The van der Waals surface area contributed by atoms with Crippen molar-refractivity contribution in [2.24, 2.45) is 0 Å². The molecule has 5 heteroatoms. The minimum Gasteiger partial charge on any atom is -0.348 e. The SMILES string of the molecule is O=C(NCc1ccc(F)cc1)c1cccnc1Cl. The molecule has 2 rings (SSSR count). The van der Waals surface area contributed by atoms with E-state index in [4.69, 9.17) is 11.6 Å². The van der Waals surface area contributed by atoms with E-state index in [2.05, 4.69) is 10.3 Å². The van der Waals surface area contributed by atoms with Crippen molar-refractivity contribution in [2.45, 2.75) is 6.54 Å². The third-order valence-corrected chi connectivity index (χ3v) is 2.67. The van der Waals surface area contributed by atoms with E-state index in [9.17, 15) is 9.18 Å². The van der Waals surface area contributed by atoms with Gasteiger partial charge in [0.1, 0.15) is 11.0 Å². The highest BCUT2D eigenvalue weighted by Crippen LogP contribution is 2.11. The maximum absolute atomic E-state index is 12.7. The Bertz CT molecular complexity index is 557. The average molecular weight is 265 g/mol. The second kappa shape index (κ2) is 5.60. The Morgan fingerprint density at radius 3 is 2.67 bits per heavy atom. The number of pyridine rings is 1. The molecule has 0 aliphatic heterocycles. The van der Waals surface area contributed by atoms with Crippen molar-refractivity contribution in [2.75, 3.05) is 0 Å². The highest BCUT2D eigenvalue weighted by molar-refractivity contribution is 6.32. The Hall–Kier alpha value is -1.94. The van der Waals surface area contributed by atoms with Crippen LogP contribution in [-0.2, 0) is 6.54 Å². The Labute approximate surface area is 109 Å². The number of halogens is 2. The van der Waals surface area contributed by atoms with Gasteiger partial charge in [-0.15, -0.1) is 0 Å². The minimum absolute atomic E-state index is 0.161. The molecule has 1 N–H and O–H groups in total. The van der Waals surface area contributed by atoms with E-state index in [0.29, 0.717) is 12.1 Å². The van der Waals surface area contributed by atoms with Crippen LogP contribution in [0.4, 0.5) is 4.39 Å². The minimum atomic E-state index is -0.308. The zero-order valence-electron chi connectivity index (χ0n) is 9.36. The van der Waals surface area contributed by atoms with Gasteiger partial charge < -0.3 is 5.32 Å². The maximum atomic E-state index is 12.7. The summed E-state index contributed by atoms with van der Waals surface area (Å²) in [5.41, 5.74) is 1.13. The van der Waals surface area contributed by atoms with Crippen LogP contribution in [0.25, 0.3) is 0 Å². The van der Waals surface area contributed by atoms with E-state index in [1.165, 1.54) is 18.3 Å². The van der Waals surface area contributed by atoms with Crippen LogP contribution in [-0.4, -0.2) is 10.9 Å². The van der Waals surface area contributed by atoms with Crippen molar-refractivity contribution in [1.29, 1.82) is 0 Å². The first-order chi connectivity index (χ1) is 8.66. The van der Waals surface area contributed by atoms with Crippen LogP contribution in [0.5, 0.6) is 0 Å². The van der Waals surface area contributed by atoms with E-state index >= 15 is 0 Å². The molecular formula is C13H10ClFN2O. The number of aromatic nitrogens is 1. The second-order valence-corrected chi connectivity index (χ2v) is 4.01. The van der Waals surface area contributed by atoms with Crippen LogP contribution in [0, 0.1) is 5.82 Å². The van der Waals surface area contributed by atoms with Crippen LogP contribution < -0.4 is 5.32 Å². The topological polar surface area (TPSA) is 42.0 Å². The first kappa shape index (κ1) is 12.5. The lowest BCUT2D eigenvalue weighted by atomic mass is 10.2. The maximum Gasteiger partial charge on any atom is 0.254 e. The zero-order valence-corrected chi connectivity index (χ0v) is 10.1. The lowest BCUT2D eigenvalue weighted by Gasteiger charge is -2.06. The normalized spacial score (nSPS) is 10.1. The summed E-state index contributed by atoms with van der Waals surface area (Å²) in [6.45, 7) is 0.310. The smallest absolute Gasteiger partial charge is 0.254 e. The monoisotopic (exact) mass is 264 g/mol. The summed E-state index contributed by atoms with van der Waals surface area (Å²) in [5, 5.41) is 2.85. The first-order valence-corrected chi connectivity index (χ1v) is 5.68. The molecule has 3 nitrogen and oxygen atoms in total. The van der Waals surface area contributed by atoms with Gasteiger partial charge in [-0.3, -0.25) is 4.79 Å². The third kappa shape index (κ3) is 3.05. The number of nitrogens with one attached hydrogen (secondary N) is 1. The molecule has 0 saturated carbocycles. The fourth-order valence-electron chi connectivity index (χ4n) is 1.44. The van der Waals surface area contributed by atoms with E-state index in [0.717, 1.165) is 5.56 Å². The number of hydrogen-bond acceptors (Lipinski definition) is 2. The van der Waals surface area contributed by atoms with Crippen LogP contribution in [0.2, 0.25) is 5.15 Å². The number of hydrogen-bond donors (Lipinski definition) is 1. The van der Waals surface area contributed by atoms with Gasteiger partial charge in [-0.1, -0.05) is 23.7 Å². The van der Waals surface area contributed by atoms with Crippen LogP contribution in [0.3, 0.4) is 0 Å². The molecule has 1 heterocycles. The molecule has 1 aromatic carbocycles. The molecule has 92 valence electrons. The molecule has 0 saturated heterocycles. The second-order valence-electron chi connectivity index (χ2n) is 3.65. The standard InChI is InChI=1S/C13H10ClFN2O/c14-12-11(2-1-7-16-12)13(18)17-8-9-3-5-10(15)6-4-9/h1-7H,8H2,(H,17,18). The van der Waals surface area contributed by atoms with Gasteiger partial charge in [0.2, 0.25) is 0 Å². The molecule has 18 heavy (non-hydrogen) atoms. The van der Waals surface area contributed by atoms with Crippen LogP contribution >= 0.6 is 11.6 Å². The highest BCUT2D eigenvalue weighted by atomic mass is 35.5. The van der Waals surface area contributed by atoms with Gasteiger partial charge in [-0.2, -0.15) is 0 Å². The van der Waals surface area contributed by atoms with Gasteiger partial charge in [0.15, 0.2) is 0 Å². The molecule has 0 bridgehead atoms. The number of nitrogens with zero attached hydrogens (tertiary/aromatic N) is 1. The molecule has 0 fully saturated rings. The number of benzene rings is 1. The number of amides is 1. The quantitative estimate of drug-likeness (QED) is 0.866. The summed E-state index contributed by atoms with van der Waals surface area (Å²) < 4.78 is 12.7. The number of carbonyl (C=O) groups is 1. The summed E-state index contributed by atoms with van der Waals surface area (Å²) in [6.07, 6.45) is 1.51. The Morgan fingerprint density at radius 2 is 2.00 bits per heavy atom. The molecule has 1 aromatic heterocycles. The van der Waals surface area contributed by atoms with Crippen molar-refractivity contribution in [3.05, 3.63) is 64.7 Å².